The van der Waals surface area contributed by atoms with Gasteiger partial charge in [-0.05, 0) is 95.9 Å². The number of benzene rings is 2. The van der Waals surface area contributed by atoms with E-state index >= 15 is 0 Å². The van der Waals surface area contributed by atoms with Crippen molar-refractivity contribution in [3.8, 4) is 5.69 Å². The fourth-order valence-corrected chi connectivity index (χ4v) is 7.77. The first-order chi connectivity index (χ1) is 17.1. The Morgan fingerprint density at radius 2 is 1.86 bits per heavy atom. The number of hydrogen-bond acceptors (Lipinski definition) is 4. The van der Waals surface area contributed by atoms with E-state index in [1.165, 1.54) is 81.6 Å². The fraction of sp³-hybridized carbons (Fsp3) is 0.517. The van der Waals surface area contributed by atoms with E-state index in [1.807, 2.05) is 12.1 Å². The molecule has 5 nitrogen and oxygen atoms in total. The smallest absolute Gasteiger partial charge is 0.281 e. The third kappa shape index (κ3) is 3.47. The SMILES string of the molecule is O=c1nc2n(c3cccc(Br)c13)-c1cc(C3CCN(CC4CNC4)CC3)ccc1C21CCCCC1. The molecule has 1 aliphatic carbocycles. The molecule has 4 aliphatic rings. The second-order valence-electron chi connectivity index (χ2n) is 11.2. The van der Waals surface area contributed by atoms with Crippen LogP contribution in [0, 0.1) is 5.92 Å². The van der Waals surface area contributed by atoms with Gasteiger partial charge in [0.2, 0.25) is 0 Å². The maximum atomic E-state index is 13.2. The van der Waals surface area contributed by atoms with Gasteiger partial charge in [-0.15, -0.1) is 0 Å². The van der Waals surface area contributed by atoms with Crippen molar-refractivity contribution in [2.45, 2.75) is 56.3 Å². The summed E-state index contributed by atoms with van der Waals surface area (Å²) in [6.45, 7) is 6.02. The summed E-state index contributed by atoms with van der Waals surface area (Å²) in [5.41, 5.74) is 4.86. The molecule has 3 aromatic rings. The molecule has 0 amide bonds. The van der Waals surface area contributed by atoms with Gasteiger partial charge in [-0.2, -0.15) is 4.98 Å². The molecule has 1 saturated carbocycles. The van der Waals surface area contributed by atoms with Gasteiger partial charge in [0, 0.05) is 24.1 Å². The fourth-order valence-electron chi connectivity index (χ4n) is 7.24. The maximum absolute atomic E-state index is 13.2. The Hall–Kier alpha value is -2.02. The third-order valence-electron chi connectivity index (χ3n) is 9.22. The number of likely N-dealkylation sites (tertiary alicyclic amines) is 1. The van der Waals surface area contributed by atoms with Gasteiger partial charge in [-0.1, -0.05) is 37.5 Å². The van der Waals surface area contributed by atoms with Crippen LogP contribution < -0.4 is 10.9 Å². The van der Waals surface area contributed by atoms with Crippen molar-refractivity contribution in [3.63, 3.8) is 0 Å². The molecule has 0 unspecified atom stereocenters. The zero-order valence-electron chi connectivity index (χ0n) is 20.2. The molecule has 182 valence electrons. The minimum absolute atomic E-state index is 0.106. The summed E-state index contributed by atoms with van der Waals surface area (Å²) in [6, 6.07) is 13.3. The molecular weight excluding hydrogens is 500 g/mol. The molecule has 0 bridgehead atoms. The van der Waals surface area contributed by atoms with Crippen molar-refractivity contribution in [3.05, 3.63) is 68.2 Å². The molecule has 2 aromatic carbocycles. The molecule has 1 N–H and O–H groups in total. The van der Waals surface area contributed by atoms with E-state index in [1.54, 1.807) is 0 Å². The zero-order valence-corrected chi connectivity index (χ0v) is 21.8. The van der Waals surface area contributed by atoms with Gasteiger partial charge < -0.3 is 10.2 Å². The molecule has 3 aliphatic heterocycles. The normalized spacial score (nSPS) is 22.3. The standard InChI is InChI=1S/C29H33BrN4O/c30-23-5-4-6-24-26(23)27(35)32-28-29(11-2-1-3-12-29)22-8-7-21(15-25(22)34(24)28)20-9-13-33(14-10-20)18-19-16-31-17-19/h4-8,15,19-20,31H,1-3,9-14,16-18H2. The quantitative estimate of drug-likeness (QED) is 0.509. The summed E-state index contributed by atoms with van der Waals surface area (Å²) in [7, 11) is 0. The van der Waals surface area contributed by atoms with Gasteiger partial charge in [0.25, 0.3) is 5.56 Å². The number of rotatable bonds is 3. The van der Waals surface area contributed by atoms with Gasteiger partial charge in [-0.25, -0.2) is 0 Å². The van der Waals surface area contributed by atoms with Gasteiger partial charge in [0.1, 0.15) is 5.82 Å². The van der Waals surface area contributed by atoms with Gasteiger partial charge in [0.05, 0.1) is 22.0 Å². The molecule has 6 heteroatoms. The van der Waals surface area contributed by atoms with E-state index in [-0.39, 0.29) is 11.0 Å². The monoisotopic (exact) mass is 532 g/mol. The average molecular weight is 534 g/mol. The van der Waals surface area contributed by atoms with Gasteiger partial charge >= 0.3 is 0 Å². The Bertz CT molecular complexity index is 1350. The van der Waals surface area contributed by atoms with E-state index in [9.17, 15) is 4.79 Å². The minimum atomic E-state index is -0.123. The molecule has 1 aromatic heterocycles. The Morgan fingerprint density at radius 3 is 2.60 bits per heavy atom. The largest absolute Gasteiger partial charge is 0.316 e. The third-order valence-corrected chi connectivity index (χ3v) is 9.88. The molecule has 0 radical (unpaired) electrons. The predicted molar refractivity (Wildman–Crippen MR) is 144 cm³/mol. The lowest BCUT2D eigenvalue weighted by atomic mass is 9.69. The lowest BCUT2D eigenvalue weighted by Crippen LogP contribution is -2.49. The van der Waals surface area contributed by atoms with Gasteiger partial charge in [-0.3, -0.25) is 9.36 Å². The van der Waals surface area contributed by atoms with Gasteiger partial charge in [0.15, 0.2) is 0 Å². The van der Waals surface area contributed by atoms with Crippen LogP contribution in [0.25, 0.3) is 16.6 Å². The molecule has 0 atom stereocenters. The lowest BCUT2D eigenvalue weighted by molar-refractivity contribution is 0.158. The highest BCUT2D eigenvalue weighted by atomic mass is 79.9. The maximum Gasteiger partial charge on any atom is 0.281 e. The van der Waals surface area contributed by atoms with Crippen molar-refractivity contribution in [1.29, 1.82) is 0 Å². The van der Waals surface area contributed by atoms with Crippen LogP contribution in [0.3, 0.4) is 0 Å². The number of fused-ring (bicyclic) bond motifs is 7. The number of nitrogens with one attached hydrogen (secondary N) is 1. The summed E-state index contributed by atoms with van der Waals surface area (Å²) in [6.07, 6.45) is 8.29. The number of nitrogens with zero attached hydrogens (tertiary/aromatic N) is 3. The molecule has 7 rings (SSSR count). The molecule has 4 heterocycles. The molecule has 2 saturated heterocycles. The lowest BCUT2D eigenvalue weighted by Gasteiger charge is -2.37. The van der Waals surface area contributed by atoms with Crippen molar-refractivity contribution >= 4 is 26.8 Å². The highest BCUT2D eigenvalue weighted by molar-refractivity contribution is 9.10. The number of halogens is 1. The molecule has 1 spiro atoms. The minimum Gasteiger partial charge on any atom is -0.316 e. The van der Waals surface area contributed by atoms with Crippen molar-refractivity contribution in [1.82, 2.24) is 19.8 Å². The first-order valence-corrected chi connectivity index (χ1v) is 14.2. The van der Waals surface area contributed by atoms with E-state index in [2.05, 4.69) is 55.0 Å². The van der Waals surface area contributed by atoms with Crippen molar-refractivity contribution < 1.29 is 0 Å². The van der Waals surface area contributed by atoms with Crippen LogP contribution in [-0.2, 0) is 5.41 Å². The number of hydrogen-bond donors (Lipinski definition) is 1. The summed E-state index contributed by atoms with van der Waals surface area (Å²) in [5, 5.41) is 4.10. The van der Waals surface area contributed by atoms with E-state index in [0.29, 0.717) is 11.3 Å². The van der Waals surface area contributed by atoms with Crippen LogP contribution in [0.5, 0.6) is 0 Å². The van der Waals surface area contributed by atoms with E-state index in [4.69, 9.17) is 4.98 Å². The van der Waals surface area contributed by atoms with Crippen LogP contribution in [0.2, 0.25) is 0 Å². The molecule has 3 fully saturated rings. The van der Waals surface area contributed by atoms with Crippen LogP contribution in [-0.4, -0.2) is 47.2 Å². The van der Waals surface area contributed by atoms with Crippen LogP contribution in [0.15, 0.2) is 45.7 Å². The Labute approximate surface area is 215 Å². The first-order valence-electron chi connectivity index (χ1n) is 13.4. The average Bonchev–Trinajstić information content (AvgIpc) is 3.11. The van der Waals surface area contributed by atoms with E-state index in [0.717, 1.165) is 34.6 Å². The molecular formula is C29H33BrN4O. The van der Waals surface area contributed by atoms with E-state index < -0.39 is 0 Å². The first kappa shape index (κ1) is 22.2. The van der Waals surface area contributed by atoms with Crippen molar-refractivity contribution in [2.75, 3.05) is 32.7 Å². The summed E-state index contributed by atoms with van der Waals surface area (Å²) >= 11 is 3.63. The number of piperidine rings is 1. The number of aromatic nitrogens is 2. The Morgan fingerprint density at radius 1 is 1.06 bits per heavy atom. The summed E-state index contributed by atoms with van der Waals surface area (Å²) < 4.78 is 3.17. The second-order valence-corrected chi connectivity index (χ2v) is 12.1. The second kappa shape index (κ2) is 8.53. The summed E-state index contributed by atoms with van der Waals surface area (Å²) in [4.78, 5) is 20.7. The molecule has 35 heavy (non-hydrogen) atoms. The Balaban J connectivity index is 1.31. The van der Waals surface area contributed by atoms with Crippen LogP contribution in [0.4, 0.5) is 0 Å². The van der Waals surface area contributed by atoms with Crippen LogP contribution in [0.1, 0.15) is 67.8 Å². The van der Waals surface area contributed by atoms with Crippen LogP contribution >= 0.6 is 15.9 Å². The highest BCUT2D eigenvalue weighted by Gasteiger charge is 2.46. The predicted octanol–water partition coefficient (Wildman–Crippen LogP) is 5.11. The van der Waals surface area contributed by atoms with Crippen molar-refractivity contribution in [2.24, 2.45) is 5.92 Å². The summed E-state index contributed by atoms with van der Waals surface area (Å²) in [5.74, 6) is 2.42. The highest BCUT2D eigenvalue weighted by Crippen LogP contribution is 2.52. The zero-order chi connectivity index (χ0) is 23.6. The Kier molecular flexibility index (Phi) is 5.41. The topological polar surface area (TPSA) is 50.2 Å².